The SMILES string of the molecule is CCCOc1cc(CNCC)ccn1. The predicted molar refractivity (Wildman–Crippen MR) is 57.4 cm³/mol. The lowest BCUT2D eigenvalue weighted by atomic mass is 10.2. The van der Waals surface area contributed by atoms with E-state index in [2.05, 4.69) is 24.1 Å². The summed E-state index contributed by atoms with van der Waals surface area (Å²) in [5.74, 6) is 0.724. The monoisotopic (exact) mass is 194 g/mol. The first-order valence-corrected chi connectivity index (χ1v) is 5.15. The fraction of sp³-hybridized carbons (Fsp3) is 0.545. The molecule has 3 heteroatoms. The highest BCUT2D eigenvalue weighted by molar-refractivity contribution is 5.20. The molecule has 0 saturated carbocycles. The maximum absolute atomic E-state index is 5.44. The third kappa shape index (κ3) is 3.75. The Morgan fingerprint density at radius 3 is 3.00 bits per heavy atom. The molecule has 0 bridgehead atoms. The normalized spacial score (nSPS) is 10.1. The van der Waals surface area contributed by atoms with E-state index < -0.39 is 0 Å². The van der Waals surface area contributed by atoms with Gasteiger partial charge in [0, 0.05) is 18.8 Å². The van der Waals surface area contributed by atoms with Crippen LogP contribution in [0.25, 0.3) is 0 Å². The lowest BCUT2D eigenvalue weighted by Gasteiger charge is -2.05. The van der Waals surface area contributed by atoms with Crippen LogP contribution in [0.4, 0.5) is 0 Å². The largest absolute Gasteiger partial charge is 0.478 e. The Hall–Kier alpha value is -1.09. The van der Waals surface area contributed by atoms with Gasteiger partial charge >= 0.3 is 0 Å². The quantitative estimate of drug-likeness (QED) is 0.752. The molecule has 0 atom stereocenters. The van der Waals surface area contributed by atoms with Crippen molar-refractivity contribution in [3.8, 4) is 5.88 Å². The number of nitrogens with zero attached hydrogens (tertiary/aromatic N) is 1. The molecule has 0 spiro atoms. The van der Waals surface area contributed by atoms with E-state index >= 15 is 0 Å². The second kappa shape index (κ2) is 6.38. The van der Waals surface area contributed by atoms with Crippen LogP contribution in [0.1, 0.15) is 25.8 Å². The highest BCUT2D eigenvalue weighted by Crippen LogP contribution is 2.09. The Balaban J connectivity index is 2.50. The van der Waals surface area contributed by atoms with Gasteiger partial charge in [-0.25, -0.2) is 4.98 Å². The second-order valence-electron chi connectivity index (χ2n) is 3.13. The van der Waals surface area contributed by atoms with Crippen molar-refractivity contribution < 1.29 is 4.74 Å². The van der Waals surface area contributed by atoms with Crippen LogP contribution in [-0.4, -0.2) is 18.1 Å². The van der Waals surface area contributed by atoms with Crippen molar-refractivity contribution in [1.82, 2.24) is 10.3 Å². The summed E-state index contributed by atoms with van der Waals surface area (Å²) < 4.78 is 5.44. The van der Waals surface area contributed by atoms with Gasteiger partial charge in [0.2, 0.25) is 5.88 Å². The van der Waals surface area contributed by atoms with Crippen LogP contribution in [0.15, 0.2) is 18.3 Å². The fourth-order valence-corrected chi connectivity index (χ4v) is 1.12. The number of nitrogens with one attached hydrogen (secondary N) is 1. The lowest BCUT2D eigenvalue weighted by molar-refractivity contribution is 0.305. The van der Waals surface area contributed by atoms with Crippen molar-refractivity contribution in [2.24, 2.45) is 0 Å². The average molecular weight is 194 g/mol. The molecule has 0 fully saturated rings. The van der Waals surface area contributed by atoms with Crippen LogP contribution < -0.4 is 10.1 Å². The van der Waals surface area contributed by atoms with Crippen molar-refractivity contribution in [3.05, 3.63) is 23.9 Å². The molecule has 3 nitrogen and oxygen atoms in total. The average Bonchev–Trinajstić information content (AvgIpc) is 2.24. The van der Waals surface area contributed by atoms with Gasteiger partial charge in [-0.05, 0) is 24.6 Å². The van der Waals surface area contributed by atoms with E-state index in [-0.39, 0.29) is 0 Å². The number of rotatable bonds is 6. The highest BCUT2D eigenvalue weighted by Gasteiger charge is 1.96. The zero-order chi connectivity index (χ0) is 10.2. The zero-order valence-corrected chi connectivity index (χ0v) is 8.92. The summed E-state index contributed by atoms with van der Waals surface area (Å²) in [5.41, 5.74) is 1.22. The molecule has 0 aliphatic heterocycles. The smallest absolute Gasteiger partial charge is 0.213 e. The van der Waals surface area contributed by atoms with E-state index in [1.54, 1.807) is 6.20 Å². The van der Waals surface area contributed by atoms with Crippen LogP contribution in [0, 0.1) is 0 Å². The summed E-state index contributed by atoms with van der Waals surface area (Å²) in [7, 11) is 0. The van der Waals surface area contributed by atoms with E-state index in [1.807, 2.05) is 12.1 Å². The molecule has 14 heavy (non-hydrogen) atoms. The number of ether oxygens (including phenoxy) is 1. The molecule has 78 valence electrons. The molecule has 1 heterocycles. The van der Waals surface area contributed by atoms with Crippen molar-refractivity contribution in [2.75, 3.05) is 13.2 Å². The zero-order valence-electron chi connectivity index (χ0n) is 8.92. The summed E-state index contributed by atoms with van der Waals surface area (Å²) >= 11 is 0. The minimum absolute atomic E-state index is 0.724. The molecule has 0 aliphatic carbocycles. The van der Waals surface area contributed by atoms with Crippen molar-refractivity contribution >= 4 is 0 Å². The molecule has 0 radical (unpaired) electrons. The molecular formula is C11H18N2O. The Bertz CT molecular complexity index is 240. The van der Waals surface area contributed by atoms with Crippen molar-refractivity contribution in [2.45, 2.75) is 26.8 Å². The first-order valence-electron chi connectivity index (χ1n) is 5.15. The number of aromatic nitrogens is 1. The van der Waals surface area contributed by atoms with Gasteiger partial charge in [0.05, 0.1) is 6.61 Å². The van der Waals surface area contributed by atoms with E-state index in [0.29, 0.717) is 0 Å². The first-order chi connectivity index (χ1) is 6.86. The molecule has 0 saturated heterocycles. The van der Waals surface area contributed by atoms with Gasteiger partial charge in [-0.2, -0.15) is 0 Å². The minimum Gasteiger partial charge on any atom is -0.478 e. The summed E-state index contributed by atoms with van der Waals surface area (Å²) in [4.78, 5) is 4.13. The Morgan fingerprint density at radius 2 is 2.29 bits per heavy atom. The molecule has 0 amide bonds. The van der Waals surface area contributed by atoms with Crippen LogP contribution in [0.5, 0.6) is 5.88 Å². The maximum atomic E-state index is 5.44. The predicted octanol–water partition coefficient (Wildman–Crippen LogP) is 1.98. The molecule has 1 aromatic rings. The van der Waals surface area contributed by atoms with Crippen molar-refractivity contribution in [3.63, 3.8) is 0 Å². The molecule has 1 N–H and O–H groups in total. The molecule has 0 unspecified atom stereocenters. The second-order valence-corrected chi connectivity index (χ2v) is 3.13. The molecular weight excluding hydrogens is 176 g/mol. The van der Waals surface area contributed by atoms with Gasteiger partial charge in [0.15, 0.2) is 0 Å². The highest BCUT2D eigenvalue weighted by atomic mass is 16.5. The fourth-order valence-electron chi connectivity index (χ4n) is 1.12. The number of pyridine rings is 1. The standard InChI is InChI=1S/C11H18N2O/c1-3-7-14-11-8-10(5-6-13-11)9-12-4-2/h5-6,8,12H,3-4,7,9H2,1-2H3. The Kier molecular flexibility index (Phi) is 5.00. The third-order valence-electron chi connectivity index (χ3n) is 1.83. The van der Waals surface area contributed by atoms with E-state index in [0.717, 1.165) is 32.0 Å². The Labute approximate surface area is 85.5 Å². The van der Waals surface area contributed by atoms with E-state index in [9.17, 15) is 0 Å². The van der Waals surface area contributed by atoms with Crippen LogP contribution >= 0.6 is 0 Å². The summed E-state index contributed by atoms with van der Waals surface area (Å²) in [6, 6.07) is 3.99. The third-order valence-corrected chi connectivity index (χ3v) is 1.83. The van der Waals surface area contributed by atoms with Gasteiger partial charge in [-0.3, -0.25) is 0 Å². The van der Waals surface area contributed by atoms with Gasteiger partial charge < -0.3 is 10.1 Å². The van der Waals surface area contributed by atoms with Crippen LogP contribution in [0.3, 0.4) is 0 Å². The molecule has 0 aliphatic rings. The van der Waals surface area contributed by atoms with Gasteiger partial charge in [-0.15, -0.1) is 0 Å². The van der Waals surface area contributed by atoms with Crippen molar-refractivity contribution in [1.29, 1.82) is 0 Å². The van der Waals surface area contributed by atoms with E-state index in [4.69, 9.17) is 4.74 Å². The molecule has 0 aromatic carbocycles. The number of hydrogen-bond acceptors (Lipinski definition) is 3. The van der Waals surface area contributed by atoms with Gasteiger partial charge in [0.1, 0.15) is 0 Å². The summed E-state index contributed by atoms with van der Waals surface area (Å²) in [5, 5.41) is 3.26. The first kappa shape index (κ1) is 11.0. The van der Waals surface area contributed by atoms with Gasteiger partial charge in [-0.1, -0.05) is 13.8 Å². The van der Waals surface area contributed by atoms with Crippen LogP contribution in [-0.2, 0) is 6.54 Å². The molecule has 1 rings (SSSR count). The molecule has 1 aromatic heterocycles. The summed E-state index contributed by atoms with van der Waals surface area (Å²) in [6.07, 6.45) is 2.80. The lowest BCUT2D eigenvalue weighted by Crippen LogP contribution is -2.11. The maximum Gasteiger partial charge on any atom is 0.213 e. The Morgan fingerprint density at radius 1 is 1.43 bits per heavy atom. The van der Waals surface area contributed by atoms with E-state index in [1.165, 1.54) is 5.56 Å². The topological polar surface area (TPSA) is 34.1 Å². The summed E-state index contributed by atoms with van der Waals surface area (Å²) in [6.45, 7) is 6.77. The van der Waals surface area contributed by atoms with Gasteiger partial charge in [0.25, 0.3) is 0 Å². The minimum atomic E-state index is 0.724. The number of hydrogen-bond donors (Lipinski definition) is 1. The van der Waals surface area contributed by atoms with Crippen LogP contribution in [0.2, 0.25) is 0 Å².